The summed E-state index contributed by atoms with van der Waals surface area (Å²) in [5.41, 5.74) is 6.75. The van der Waals surface area contributed by atoms with E-state index < -0.39 is 0 Å². The first-order valence-corrected chi connectivity index (χ1v) is 6.61. The van der Waals surface area contributed by atoms with Gasteiger partial charge >= 0.3 is 0 Å². The Morgan fingerprint density at radius 3 is 2.62 bits per heavy atom. The van der Waals surface area contributed by atoms with Gasteiger partial charge in [0.05, 0.1) is 0 Å². The fourth-order valence-electron chi connectivity index (χ4n) is 1.54. The summed E-state index contributed by atoms with van der Waals surface area (Å²) in [6, 6.07) is 3.85. The predicted octanol–water partition coefficient (Wildman–Crippen LogP) is 2.93. The molecule has 0 saturated heterocycles. The molecule has 1 aliphatic heterocycles. The molecule has 0 spiro atoms. The van der Waals surface area contributed by atoms with E-state index in [1.54, 1.807) is 11.8 Å². The maximum absolute atomic E-state index is 5.97. The first-order chi connectivity index (χ1) is 7.81. The molecule has 3 nitrogen and oxygen atoms in total. The van der Waals surface area contributed by atoms with Gasteiger partial charge in [-0.25, -0.2) is 0 Å². The van der Waals surface area contributed by atoms with Gasteiger partial charge in [0.15, 0.2) is 11.5 Å². The van der Waals surface area contributed by atoms with Crippen molar-refractivity contribution in [3.63, 3.8) is 0 Å². The molecule has 0 unspecified atom stereocenters. The highest BCUT2D eigenvalue weighted by Crippen LogP contribution is 2.38. The van der Waals surface area contributed by atoms with Crippen molar-refractivity contribution in [1.29, 1.82) is 0 Å². The lowest BCUT2D eigenvalue weighted by molar-refractivity contribution is 0.171. The van der Waals surface area contributed by atoms with E-state index in [1.165, 1.54) is 12.8 Å². The van der Waals surface area contributed by atoms with Crippen LogP contribution in [0.1, 0.15) is 19.8 Å². The Morgan fingerprint density at radius 1 is 1.25 bits per heavy atom. The lowest BCUT2D eigenvalue weighted by Crippen LogP contribution is -2.15. The molecule has 1 aromatic rings. The number of anilines is 1. The SMILES string of the molecule is CCCCSc1cc2c(cc1N)OCCO2. The van der Waals surface area contributed by atoms with Crippen LogP contribution in [0.15, 0.2) is 17.0 Å². The van der Waals surface area contributed by atoms with Crippen molar-refractivity contribution >= 4 is 17.4 Å². The molecule has 0 aromatic heterocycles. The van der Waals surface area contributed by atoms with Gasteiger partial charge in [0.25, 0.3) is 0 Å². The van der Waals surface area contributed by atoms with Gasteiger partial charge in [-0.15, -0.1) is 11.8 Å². The molecule has 0 bridgehead atoms. The largest absolute Gasteiger partial charge is 0.486 e. The highest BCUT2D eigenvalue weighted by Gasteiger charge is 2.14. The topological polar surface area (TPSA) is 44.5 Å². The molecule has 0 aliphatic carbocycles. The highest BCUT2D eigenvalue weighted by atomic mass is 32.2. The summed E-state index contributed by atoms with van der Waals surface area (Å²) < 4.78 is 11.0. The highest BCUT2D eigenvalue weighted by molar-refractivity contribution is 7.99. The maximum atomic E-state index is 5.97. The normalized spacial score (nSPS) is 13.8. The van der Waals surface area contributed by atoms with Gasteiger partial charge in [0.1, 0.15) is 13.2 Å². The van der Waals surface area contributed by atoms with E-state index in [9.17, 15) is 0 Å². The van der Waals surface area contributed by atoms with Gasteiger partial charge in [-0.3, -0.25) is 0 Å². The number of thioether (sulfide) groups is 1. The van der Waals surface area contributed by atoms with E-state index in [-0.39, 0.29) is 0 Å². The molecule has 1 aromatic carbocycles. The quantitative estimate of drug-likeness (QED) is 0.498. The molecule has 88 valence electrons. The monoisotopic (exact) mass is 239 g/mol. The minimum Gasteiger partial charge on any atom is -0.486 e. The lowest BCUT2D eigenvalue weighted by atomic mass is 10.2. The number of fused-ring (bicyclic) bond motifs is 1. The summed E-state index contributed by atoms with van der Waals surface area (Å²) in [6.07, 6.45) is 2.41. The summed E-state index contributed by atoms with van der Waals surface area (Å²) in [6.45, 7) is 3.42. The fourth-order valence-corrected chi connectivity index (χ4v) is 2.61. The first-order valence-electron chi connectivity index (χ1n) is 5.63. The van der Waals surface area contributed by atoms with Crippen LogP contribution in [0.4, 0.5) is 5.69 Å². The summed E-state index contributed by atoms with van der Waals surface area (Å²) >= 11 is 1.78. The van der Waals surface area contributed by atoms with Crippen molar-refractivity contribution in [2.75, 3.05) is 24.7 Å². The van der Waals surface area contributed by atoms with E-state index in [1.807, 2.05) is 12.1 Å². The minimum absolute atomic E-state index is 0.606. The van der Waals surface area contributed by atoms with Crippen LogP contribution in [-0.4, -0.2) is 19.0 Å². The van der Waals surface area contributed by atoms with Gasteiger partial charge < -0.3 is 15.2 Å². The minimum atomic E-state index is 0.606. The Balaban J connectivity index is 2.12. The third kappa shape index (κ3) is 2.55. The zero-order chi connectivity index (χ0) is 11.4. The molecular formula is C12H17NO2S. The average molecular weight is 239 g/mol. The van der Waals surface area contributed by atoms with E-state index in [4.69, 9.17) is 15.2 Å². The van der Waals surface area contributed by atoms with Crippen molar-refractivity contribution in [1.82, 2.24) is 0 Å². The molecule has 2 rings (SSSR count). The summed E-state index contributed by atoms with van der Waals surface area (Å²) in [7, 11) is 0. The first kappa shape index (κ1) is 11.5. The smallest absolute Gasteiger partial charge is 0.163 e. The second kappa shape index (κ2) is 5.34. The van der Waals surface area contributed by atoms with Gasteiger partial charge in [0.2, 0.25) is 0 Å². The van der Waals surface area contributed by atoms with Crippen molar-refractivity contribution in [3.8, 4) is 11.5 Å². The van der Waals surface area contributed by atoms with E-state index >= 15 is 0 Å². The molecule has 1 heterocycles. The Kier molecular flexibility index (Phi) is 3.83. The van der Waals surface area contributed by atoms with Crippen LogP contribution in [0.3, 0.4) is 0 Å². The van der Waals surface area contributed by atoms with Crippen LogP contribution in [0.2, 0.25) is 0 Å². The molecule has 4 heteroatoms. The third-order valence-electron chi connectivity index (χ3n) is 2.43. The van der Waals surface area contributed by atoms with Crippen molar-refractivity contribution in [3.05, 3.63) is 12.1 Å². The van der Waals surface area contributed by atoms with Crippen LogP contribution in [0.5, 0.6) is 11.5 Å². The second-order valence-corrected chi connectivity index (χ2v) is 4.87. The number of hydrogen-bond donors (Lipinski definition) is 1. The van der Waals surface area contributed by atoms with Crippen molar-refractivity contribution in [2.24, 2.45) is 0 Å². The molecule has 2 N–H and O–H groups in total. The van der Waals surface area contributed by atoms with Gasteiger partial charge in [-0.05, 0) is 18.2 Å². The summed E-state index contributed by atoms with van der Waals surface area (Å²) in [5, 5.41) is 0. The second-order valence-electron chi connectivity index (χ2n) is 3.74. The zero-order valence-corrected chi connectivity index (χ0v) is 10.3. The zero-order valence-electron chi connectivity index (χ0n) is 9.49. The number of benzene rings is 1. The summed E-state index contributed by atoms with van der Waals surface area (Å²) in [4.78, 5) is 1.10. The number of rotatable bonds is 4. The number of nitrogen functional groups attached to an aromatic ring is 1. The Hall–Kier alpha value is -1.03. The molecule has 0 radical (unpaired) electrons. The van der Waals surface area contributed by atoms with Crippen LogP contribution in [0, 0.1) is 0 Å². The standard InChI is InChI=1S/C12H17NO2S/c1-2-3-6-16-12-8-11-10(7-9(12)13)14-4-5-15-11/h7-8H,2-6,13H2,1H3. The number of hydrogen-bond acceptors (Lipinski definition) is 4. The van der Waals surface area contributed by atoms with Crippen LogP contribution in [0.25, 0.3) is 0 Å². The number of unbranched alkanes of at least 4 members (excludes halogenated alkanes) is 1. The van der Waals surface area contributed by atoms with Gasteiger partial charge in [0, 0.05) is 16.6 Å². The fraction of sp³-hybridized carbons (Fsp3) is 0.500. The van der Waals surface area contributed by atoms with E-state index in [2.05, 4.69) is 6.92 Å². The van der Waals surface area contributed by atoms with Crippen LogP contribution >= 0.6 is 11.8 Å². The number of ether oxygens (including phenoxy) is 2. The number of nitrogens with two attached hydrogens (primary N) is 1. The van der Waals surface area contributed by atoms with Crippen molar-refractivity contribution in [2.45, 2.75) is 24.7 Å². The van der Waals surface area contributed by atoms with Crippen molar-refractivity contribution < 1.29 is 9.47 Å². The molecule has 0 fully saturated rings. The van der Waals surface area contributed by atoms with E-state index in [0.717, 1.165) is 27.8 Å². The van der Waals surface area contributed by atoms with E-state index in [0.29, 0.717) is 13.2 Å². The van der Waals surface area contributed by atoms with Gasteiger partial charge in [-0.2, -0.15) is 0 Å². The Bertz CT molecular complexity index is 368. The van der Waals surface area contributed by atoms with Crippen LogP contribution < -0.4 is 15.2 Å². The predicted molar refractivity (Wildman–Crippen MR) is 67.5 cm³/mol. The Labute approximate surface area is 100 Å². The average Bonchev–Trinajstić information content (AvgIpc) is 2.30. The Morgan fingerprint density at radius 2 is 1.94 bits per heavy atom. The molecule has 0 amide bonds. The van der Waals surface area contributed by atoms with Gasteiger partial charge in [-0.1, -0.05) is 13.3 Å². The molecule has 16 heavy (non-hydrogen) atoms. The summed E-state index contributed by atoms with van der Waals surface area (Å²) in [5.74, 6) is 2.68. The molecule has 0 atom stereocenters. The van der Waals surface area contributed by atoms with Crippen LogP contribution in [-0.2, 0) is 0 Å². The third-order valence-corrected chi connectivity index (χ3v) is 3.59. The maximum Gasteiger partial charge on any atom is 0.163 e. The molecule has 1 aliphatic rings. The molecule has 0 saturated carbocycles. The lowest BCUT2D eigenvalue weighted by Gasteiger charge is -2.19. The molecular weight excluding hydrogens is 222 g/mol.